The number of nitrogens with zero attached hydrogens (tertiary/aromatic N) is 1. The first kappa shape index (κ1) is 15.3. The highest BCUT2D eigenvalue weighted by Crippen LogP contribution is 2.15. The summed E-state index contributed by atoms with van der Waals surface area (Å²) in [4.78, 5) is 2.27. The maximum Gasteiger partial charge on any atom is 0.119 e. The number of piperidine rings is 1. The van der Waals surface area contributed by atoms with Gasteiger partial charge in [-0.05, 0) is 37.0 Å². The van der Waals surface area contributed by atoms with Crippen LogP contribution in [0.4, 0.5) is 0 Å². The summed E-state index contributed by atoms with van der Waals surface area (Å²) in [6.45, 7) is 7.73. The van der Waals surface area contributed by atoms with Crippen molar-refractivity contribution in [1.29, 1.82) is 0 Å². The van der Waals surface area contributed by atoms with Gasteiger partial charge in [0.1, 0.15) is 5.75 Å². The van der Waals surface area contributed by atoms with E-state index in [1.165, 1.54) is 31.2 Å². The Bertz CT molecular complexity index is 358. The first-order valence-electron chi connectivity index (χ1n) is 7.75. The number of rotatable bonds is 8. The summed E-state index contributed by atoms with van der Waals surface area (Å²) in [5.41, 5.74) is 1.20. The van der Waals surface area contributed by atoms with E-state index in [2.05, 4.69) is 30.5 Å². The predicted octanol–water partition coefficient (Wildman–Crippen LogP) is 3.99. The van der Waals surface area contributed by atoms with Crippen molar-refractivity contribution in [2.24, 2.45) is 0 Å². The highest BCUT2D eigenvalue weighted by Gasteiger charge is 2.09. The van der Waals surface area contributed by atoms with E-state index in [9.17, 15) is 0 Å². The van der Waals surface area contributed by atoms with Gasteiger partial charge in [-0.2, -0.15) is 0 Å². The largest absolute Gasteiger partial charge is 0.494 e. The van der Waals surface area contributed by atoms with E-state index in [4.69, 9.17) is 9.47 Å². The molecule has 0 N–H and O–H groups in total. The first-order chi connectivity index (χ1) is 9.88. The Kier molecular flexibility index (Phi) is 6.89. The Morgan fingerprint density at radius 2 is 2.00 bits per heavy atom. The number of benzene rings is 1. The Morgan fingerprint density at radius 1 is 1.15 bits per heavy atom. The molecule has 0 bridgehead atoms. The quantitative estimate of drug-likeness (QED) is 0.670. The Balaban J connectivity index is 1.65. The van der Waals surface area contributed by atoms with Gasteiger partial charge in [-0.25, -0.2) is 0 Å². The van der Waals surface area contributed by atoms with Crippen molar-refractivity contribution in [3.8, 4) is 5.75 Å². The van der Waals surface area contributed by atoms with Crippen LogP contribution in [0.25, 0.3) is 0 Å². The SMILES string of the molecule is CCCCOc1ccc(COCN2[CH]CCCC2)cc1. The average Bonchev–Trinajstić information content (AvgIpc) is 2.50. The molecule has 0 unspecified atom stereocenters. The zero-order valence-electron chi connectivity index (χ0n) is 12.5. The van der Waals surface area contributed by atoms with Crippen molar-refractivity contribution in [2.45, 2.75) is 45.6 Å². The molecule has 0 atom stereocenters. The van der Waals surface area contributed by atoms with E-state index in [0.717, 1.165) is 25.3 Å². The van der Waals surface area contributed by atoms with Crippen molar-refractivity contribution >= 4 is 0 Å². The zero-order valence-corrected chi connectivity index (χ0v) is 12.5. The van der Waals surface area contributed by atoms with E-state index >= 15 is 0 Å². The molecule has 1 aromatic carbocycles. The predicted molar refractivity (Wildman–Crippen MR) is 81.4 cm³/mol. The molecular formula is C17H26NO2. The fourth-order valence-corrected chi connectivity index (χ4v) is 2.24. The van der Waals surface area contributed by atoms with E-state index in [1.807, 2.05) is 12.1 Å². The van der Waals surface area contributed by atoms with E-state index in [-0.39, 0.29) is 0 Å². The molecule has 3 nitrogen and oxygen atoms in total. The number of likely N-dealkylation sites (tertiary alicyclic amines) is 1. The van der Waals surface area contributed by atoms with Crippen molar-refractivity contribution in [3.63, 3.8) is 0 Å². The van der Waals surface area contributed by atoms with Crippen molar-refractivity contribution in [2.75, 3.05) is 19.9 Å². The maximum absolute atomic E-state index is 5.75. The van der Waals surface area contributed by atoms with Crippen LogP contribution in [-0.2, 0) is 11.3 Å². The van der Waals surface area contributed by atoms with E-state index < -0.39 is 0 Å². The van der Waals surface area contributed by atoms with Gasteiger partial charge >= 0.3 is 0 Å². The average molecular weight is 276 g/mol. The highest BCUT2D eigenvalue weighted by molar-refractivity contribution is 5.26. The van der Waals surface area contributed by atoms with Crippen LogP contribution in [0.5, 0.6) is 5.75 Å². The maximum atomic E-state index is 5.75. The van der Waals surface area contributed by atoms with Gasteiger partial charge in [-0.1, -0.05) is 31.9 Å². The molecule has 2 rings (SSSR count). The summed E-state index contributed by atoms with van der Waals surface area (Å²) in [5.74, 6) is 0.951. The topological polar surface area (TPSA) is 21.7 Å². The minimum absolute atomic E-state index is 0.666. The van der Waals surface area contributed by atoms with Crippen LogP contribution in [0, 0.1) is 6.54 Å². The lowest BCUT2D eigenvalue weighted by Gasteiger charge is -2.25. The second-order valence-corrected chi connectivity index (χ2v) is 5.31. The van der Waals surface area contributed by atoms with Crippen molar-refractivity contribution in [3.05, 3.63) is 36.4 Å². The van der Waals surface area contributed by atoms with Gasteiger partial charge < -0.3 is 9.47 Å². The van der Waals surface area contributed by atoms with Crippen LogP contribution in [0.1, 0.15) is 44.6 Å². The lowest BCUT2D eigenvalue weighted by molar-refractivity contribution is 0.0258. The molecule has 0 amide bonds. The smallest absolute Gasteiger partial charge is 0.119 e. The first-order valence-corrected chi connectivity index (χ1v) is 7.75. The molecule has 3 heteroatoms. The van der Waals surface area contributed by atoms with Gasteiger partial charge in [0.25, 0.3) is 0 Å². The number of hydrogen-bond acceptors (Lipinski definition) is 3. The van der Waals surface area contributed by atoms with Crippen molar-refractivity contribution in [1.82, 2.24) is 4.90 Å². The minimum Gasteiger partial charge on any atom is -0.494 e. The second-order valence-electron chi connectivity index (χ2n) is 5.31. The molecule has 1 fully saturated rings. The summed E-state index contributed by atoms with van der Waals surface area (Å²) in [6, 6.07) is 8.23. The van der Waals surface area contributed by atoms with Crippen LogP contribution in [0.3, 0.4) is 0 Å². The lowest BCUT2D eigenvalue weighted by Crippen LogP contribution is -2.28. The van der Waals surface area contributed by atoms with E-state index in [1.54, 1.807) is 0 Å². The number of ether oxygens (including phenoxy) is 2. The van der Waals surface area contributed by atoms with Crippen LogP contribution in [0.2, 0.25) is 0 Å². The third-order valence-corrected chi connectivity index (χ3v) is 3.50. The number of unbranched alkanes of at least 4 members (excludes halogenated alkanes) is 1. The molecule has 0 spiro atoms. The molecule has 1 aliphatic rings. The highest BCUT2D eigenvalue weighted by atomic mass is 16.5. The molecule has 1 aliphatic heterocycles. The van der Waals surface area contributed by atoms with Crippen LogP contribution in [0.15, 0.2) is 24.3 Å². The Morgan fingerprint density at radius 3 is 2.70 bits per heavy atom. The summed E-state index contributed by atoms with van der Waals surface area (Å²) in [5, 5.41) is 0. The molecule has 1 aromatic rings. The van der Waals surface area contributed by atoms with Gasteiger partial charge in [0, 0.05) is 13.1 Å². The molecular weight excluding hydrogens is 250 g/mol. The third-order valence-electron chi connectivity index (χ3n) is 3.50. The fraction of sp³-hybridized carbons (Fsp3) is 0.588. The molecule has 1 saturated heterocycles. The van der Waals surface area contributed by atoms with Gasteiger partial charge in [-0.3, -0.25) is 4.90 Å². The summed E-state index contributed by atoms with van der Waals surface area (Å²) < 4.78 is 11.4. The Hall–Kier alpha value is -1.06. The molecule has 0 saturated carbocycles. The van der Waals surface area contributed by atoms with Crippen LogP contribution in [-0.4, -0.2) is 24.8 Å². The summed E-state index contributed by atoms with van der Waals surface area (Å²) >= 11 is 0. The van der Waals surface area contributed by atoms with Gasteiger partial charge in [0.05, 0.1) is 19.9 Å². The van der Waals surface area contributed by atoms with Crippen LogP contribution >= 0.6 is 0 Å². The summed E-state index contributed by atoms with van der Waals surface area (Å²) in [6.07, 6.45) is 6.06. The van der Waals surface area contributed by atoms with Gasteiger partial charge in [-0.15, -0.1) is 0 Å². The fourth-order valence-electron chi connectivity index (χ4n) is 2.24. The zero-order chi connectivity index (χ0) is 14.0. The monoisotopic (exact) mass is 276 g/mol. The molecule has 1 heterocycles. The molecule has 1 radical (unpaired) electrons. The standard InChI is InChI=1S/C17H26NO2/c1-2-3-13-20-17-9-7-16(8-10-17)14-19-15-18-11-5-4-6-12-18/h7-11H,2-6,12-15H2,1H3. The van der Waals surface area contributed by atoms with Crippen molar-refractivity contribution < 1.29 is 9.47 Å². The molecule has 20 heavy (non-hydrogen) atoms. The van der Waals surface area contributed by atoms with E-state index in [0.29, 0.717) is 13.3 Å². The lowest BCUT2D eigenvalue weighted by atomic mass is 10.1. The summed E-state index contributed by atoms with van der Waals surface area (Å²) in [7, 11) is 0. The third kappa shape index (κ3) is 5.51. The van der Waals surface area contributed by atoms with Gasteiger partial charge in [0.2, 0.25) is 0 Å². The second kappa shape index (κ2) is 8.98. The van der Waals surface area contributed by atoms with Crippen LogP contribution < -0.4 is 4.74 Å². The number of hydrogen-bond donors (Lipinski definition) is 0. The molecule has 0 aromatic heterocycles. The normalized spacial score (nSPS) is 16.2. The molecule has 111 valence electrons. The van der Waals surface area contributed by atoms with Gasteiger partial charge in [0.15, 0.2) is 0 Å². The molecule has 0 aliphatic carbocycles. The Labute approximate surface area is 122 Å². The minimum atomic E-state index is 0.666.